The first-order valence-electron chi connectivity index (χ1n) is 6.23. The lowest BCUT2D eigenvalue weighted by Gasteiger charge is -2.04. The Bertz CT molecular complexity index is 561. The third-order valence-corrected chi connectivity index (χ3v) is 3.97. The fourth-order valence-electron chi connectivity index (χ4n) is 1.71. The zero-order chi connectivity index (χ0) is 14.4. The van der Waals surface area contributed by atoms with Gasteiger partial charge in [-0.1, -0.05) is 24.3 Å². The van der Waals surface area contributed by atoms with Gasteiger partial charge in [0.15, 0.2) is 0 Å². The summed E-state index contributed by atoms with van der Waals surface area (Å²) in [5, 5.41) is 8.98. The lowest BCUT2D eigenvalue weighted by atomic mass is 10.2. The number of aliphatic hydroxyl groups is 1. The second kappa shape index (κ2) is 7.12. The molecule has 0 aliphatic heterocycles. The molecule has 0 saturated heterocycles. The highest BCUT2D eigenvalue weighted by atomic mass is 32.2. The van der Waals surface area contributed by atoms with E-state index in [4.69, 9.17) is 5.11 Å². The van der Waals surface area contributed by atoms with Crippen molar-refractivity contribution in [2.45, 2.75) is 17.3 Å². The third-order valence-electron chi connectivity index (χ3n) is 2.89. The van der Waals surface area contributed by atoms with Gasteiger partial charge in [-0.2, -0.15) is 0 Å². The lowest BCUT2D eigenvalue weighted by Crippen LogP contribution is -2.00. The molecule has 0 atom stereocenters. The van der Waals surface area contributed by atoms with Crippen LogP contribution in [0.3, 0.4) is 0 Å². The van der Waals surface area contributed by atoms with Crippen LogP contribution in [0.1, 0.15) is 21.5 Å². The van der Waals surface area contributed by atoms with Crippen LogP contribution in [0.15, 0.2) is 53.4 Å². The summed E-state index contributed by atoms with van der Waals surface area (Å²) in [5.41, 5.74) is 2.68. The molecule has 0 aromatic heterocycles. The number of aliphatic hydroxyl groups excluding tert-OH is 1. The molecule has 0 bridgehead atoms. The fraction of sp³-hybridized carbons (Fsp3) is 0.188. The number of esters is 1. The van der Waals surface area contributed by atoms with E-state index in [-0.39, 0.29) is 12.6 Å². The van der Waals surface area contributed by atoms with Gasteiger partial charge >= 0.3 is 5.97 Å². The fourth-order valence-corrected chi connectivity index (χ4v) is 2.57. The van der Waals surface area contributed by atoms with E-state index >= 15 is 0 Å². The highest BCUT2D eigenvalue weighted by Crippen LogP contribution is 2.23. The zero-order valence-electron chi connectivity index (χ0n) is 11.2. The van der Waals surface area contributed by atoms with E-state index in [9.17, 15) is 4.79 Å². The van der Waals surface area contributed by atoms with Crippen LogP contribution in [-0.4, -0.2) is 18.2 Å². The lowest BCUT2D eigenvalue weighted by molar-refractivity contribution is 0.0600. The highest BCUT2D eigenvalue weighted by molar-refractivity contribution is 7.98. The number of methoxy groups -OCH3 is 1. The Balaban J connectivity index is 1.94. The Morgan fingerprint density at radius 2 is 1.65 bits per heavy atom. The van der Waals surface area contributed by atoms with Gasteiger partial charge < -0.3 is 9.84 Å². The van der Waals surface area contributed by atoms with Gasteiger partial charge in [0, 0.05) is 10.6 Å². The number of benzene rings is 2. The summed E-state index contributed by atoms with van der Waals surface area (Å²) in [6.45, 7) is 0.0718. The molecule has 2 aromatic rings. The zero-order valence-corrected chi connectivity index (χ0v) is 12.0. The first-order chi connectivity index (χ1) is 9.72. The van der Waals surface area contributed by atoms with Crippen molar-refractivity contribution in [1.29, 1.82) is 0 Å². The number of rotatable bonds is 5. The van der Waals surface area contributed by atoms with Crippen molar-refractivity contribution in [3.8, 4) is 0 Å². The van der Waals surface area contributed by atoms with E-state index in [1.807, 2.05) is 36.4 Å². The summed E-state index contributed by atoms with van der Waals surface area (Å²) < 4.78 is 4.66. The molecular weight excluding hydrogens is 272 g/mol. The third kappa shape index (κ3) is 3.85. The number of carbonyl (C=O) groups is 1. The Labute approximate surface area is 122 Å². The predicted molar refractivity (Wildman–Crippen MR) is 79.7 cm³/mol. The first kappa shape index (κ1) is 14.6. The molecule has 3 nitrogen and oxygen atoms in total. The minimum atomic E-state index is -0.318. The summed E-state index contributed by atoms with van der Waals surface area (Å²) >= 11 is 1.70. The van der Waals surface area contributed by atoms with Gasteiger partial charge in [0.1, 0.15) is 0 Å². The number of carbonyl (C=O) groups excluding carboxylic acids is 1. The maximum absolute atomic E-state index is 11.3. The SMILES string of the molecule is COC(=O)c1ccc(SCc2ccc(CO)cc2)cc1. The normalized spacial score (nSPS) is 10.3. The van der Waals surface area contributed by atoms with Gasteiger partial charge in [0.25, 0.3) is 0 Å². The molecule has 0 fully saturated rings. The Kier molecular flexibility index (Phi) is 5.21. The predicted octanol–water partition coefficient (Wildman–Crippen LogP) is 3.26. The smallest absolute Gasteiger partial charge is 0.337 e. The van der Waals surface area contributed by atoms with Gasteiger partial charge in [0.2, 0.25) is 0 Å². The monoisotopic (exact) mass is 288 g/mol. The van der Waals surface area contributed by atoms with E-state index < -0.39 is 0 Å². The molecule has 0 radical (unpaired) electrons. The number of hydrogen-bond donors (Lipinski definition) is 1. The second-order valence-corrected chi connectivity index (χ2v) is 5.33. The molecule has 0 aliphatic carbocycles. The molecule has 20 heavy (non-hydrogen) atoms. The van der Waals surface area contributed by atoms with Crippen molar-refractivity contribution in [3.63, 3.8) is 0 Å². The first-order valence-corrected chi connectivity index (χ1v) is 7.21. The van der Waals surface area contributed by atoms with Gasteiger partial charge in [-0.15, -0.1) is 11.8 Å². The topological polar surface area (TPSA) is 46.5 Å². The maximum atomic E-state index is 11.3. The van der Waals surface area contributed by atoms with Crippen molar-refractivity contribution >= 4 is 17.7 Å². The van der Waals surface area contributed by atoms with Crippen LogP contribution in [0.5, 0.6) is 0 Å². The van der Waals surface area contributed by atoms with Gasteiger partial charge in [-0.3, -0.25) is 0 Å². The summed E-state index contributed by atoms with van der Waals surface area (Å²) in [5.74, 6) is 0.532. The van der Waals surface area contributed by atoms with Crippen molar-refractivity contribution < 1.29 is 14.6 Å². The van der Waals surface area contributed by atoms with Crippen LogP contribution < -0.4 is 0 Å². The Hall–Kier alpha value is -1.78. The van der Waals surface area contributed by atoms with E-state index in [0.717, 1.165) is 16.2 Å². The van der Waals surface area contributed by atoms with Crippen LogP contribution in [-0.2, 0) is 17.1 Å². The Morgan fingerprint density at radius 3 is 2.20 bits per heavy atom. The molecule has 0 saturated carbocycles. The van der Waals surface area contributed by atoms with Crippen LogP contribution in [0.2, 0.25) is 0 Å². The summed E-state index contributed by atoms with van der Waals surface area (Å²) in [6.07, 6.45) is 0. The van der Waals surface area contributed by atoms with Crippen molar-refractivity contribution in [2.75, 3.05) is 7.11 Å². The minimum absolute atomic E-state index is 0.0718. The van der Waals surface area contributed by atoms with E-state index in [2.05, 4.69) is 4.74 Å². The molecular formula is C16H16O3S. The maximum Gasteiger partial charge on any atom is 0.337 e. The van der Waals surface area contributed by atoms with Crippen LogP contribution in [0.25, 0.3) is 0 Å². The highest BCUT2D eigenvalue weighted by Gasteiger charge is 2.04. The van der Waals surface area contributed by atoms with Crippen molar-refractivity contribution in [3.05, 3.63) is 65.2 Å². The molecule has 4 heteroatoms. The summed E-state index contributed by atoms with van der Waals surface area (Å²) in [6, 6.07) is 15.2. The number of ether oxygens (including phenoxy) is 1. The van der Waals surface area contributed by atoms with E-state index in [0.29, 0.717) is 5.56 Å². The van der Waals surface area contributed by atoms with Crippen molar-refractivity contribution in [1.82, 2.24) is 0 Å². The summed E-state index contributed by atoms with van der Waals surface area (Å²) in [4.78, 5) is 12.4. The van der Waals surface area contributed by atoms with Crippen molar-refractivity contribution in [2.24, 2.45) is 0 Å². The minimum Gasteiger partial charge on any atom is -0.465 e. The van der Waals surface area contributed by atoms with Gasteiger partial charge in [-0.25, -0.2) is 4.79 Å². The average molecular weight is 288 g/mol. The molecule has 0 unspecified atom stereocenters. The van der Waals surface area contributed by atoms with Crippen LogP contribution in [0.4, 0.5) is 0 Å². The molecule has 0 spiro atoms. The molecule has 0 heterocycles. The van der Waals surface area contributed by atoms with Gasteiger partial charge in [0.05, 0.1) is 19.3 Å². The van der Waals surface area contributed by atoms with E-state index in [1.165, 1.54) is 12.7 Å². The largest absolute Gasteiger partial charge is 0.465 e. The molecule has 2 rings (SSSR count). The molecule has 1 N–H and O–H groups in total. The second-order valence-electron chi connectivity index (χ2n) is 4.28. The molecule has 0 aliphatic rings. The van der Waals surface area contributed by atoms with Crippen LogP contribution >= 0.6 is 11.8 Å². The standard InChI is InChI=1S/C16H16O3S/c1-19-16(18)14-6-8-15(9-7-14)20-11-13-4-2-12(10-17)3-5-13/h2-9,17H,10-11H2,1H3. The van der Waals surface area contributed by atoms with Crippen LogP contribution in [0, 0.1) is 0 Å². The molecule has 2 aromatic carbocycles. The average Bonchev–Trinajstić information content (AvgIpc) is 2.53. The molecule has 0 amide bonds. The number of hydrogen-bond acceptors (Lipinski definition) is 4. The Morgan fingerprint density at radius 1 is 1.05 bits per heavy atom. The number of thioether (sulfide) groups is 1. The summed E-state index contributed by atoms with van der Waals surface area (Å²) in [7, 11) is 1.38. The van der Waals surface area contributed by atoms with Gasteiger partial charge in [-0.05, 0) is 35.4 Å². The van der Waals surface area contributed by atoms with E-state index in [1.54, 1.807) is 23.9 Å². The quantitative estimate of drug-likeness (QED) is 0.677. The molecule has 104 valence electrons.